The predicted molar refractivity (Wildman–Crippen MR) is 43.8 cm³/mol. The Hall–Kier alpha value is -1.28. The first-order valence-corrected chi connectivity index (χ1v) is 3.26. The molecule has 0 fully saturated rings. The molecule has 0 amide bonds. The summed E-state index contributed by atoms with van der Waals surface area (Å²) >= 11 is 0. The van der Waals surface area contributed by atoms with Crippen molar-refractivity contribution >= 4 is 5.96 Å². The van der Waals surface area contributed by atoms with E-state index in [2.05, 4.69) is 10.3 Å². The van der Waals surface area contributed by atoms with Gasteiger partial charge in [-0.1, -0.05) is 0 Å². The second-order valence-electron chi connectivity index (χ2n) is 2.31. The lowest BCUT2D eigenvalue weighted by atomic mass is 10.6. The standard InChI is InChI=1S/C6H13N5/c1-11(2)4-3-9-6(8)10-5-7/h3-4H2,1-2H3,(H3,8,9,10). The monoisotopic (exact) mass is 155 g/mol. The number of nitrogens with zero attached hydrogens (tertiary/aromatic N) is 3. The molecule has 0 unspecified atom stereocenters. The van der Waals surface area contributed by atoms with Crippen LogP contribution in [0, 0.1) is 11.5 Å². The molecule has 0 atom stereocenters. The van der Waals surface area contributed by atoms with Gasteiger partial charge in [-0.2, -0.15) is 5.26 Å². The van der Waals surface area contributed by atoms with Crippen molar-refractivity contribution in [2.75, 3.05) is 27.2 Å². The van der Waals surface area contributed by atoms with Gasteiger partial charge in [0.05, 0.1) is 6.54 Å². The van der Waals surface area contributed by atoms with E-state index in [4.69, 9.17) is 11.0 Å². The van der Waals surface area contributed by atoms with Gasteiger partial charge < -0.3 is 10.6 Å². The normalized spacial score (nSPS) is 11.3. The van der Waals surface area contributed by atoms with Crippen LogP contribution in [-0.4, -0.2) is 38.0 Å². The summed E-state index contributed by atoms with van der Waals surface area (Å²) in [4.78, 5) is 5.86. The summed E-state index contributed by atoms with van der Waals surface area (Å²) in [5.41, 5.74) is 5.27. The third kappa shape index (κ3) is 6.61. The minimum Gasteiger partial charge on any atom is -0.369 e. The summed E-state index contributed by atoms with van der Waals surface area (Å²) in [5, 5.41) is 10.3. The summed E-state index contributed by atoms with van der Waals surface area (Å²) in [5.74, 6) is 0.175. The fraction of sp³-hybridized carbons (Fsp3) is 0.667. The summed E-state index contributed by atoms with van der Waals surface area (Å²) in [6, 6.07) is 0. The van der Waals surface area contributed by atoms with E-state index in [1.54, 1.807) is 6.19 Å². The van der Waals surface area contributed by atoms with Crippen molar-refractivity contribution in [1.29, 1.82) is 5.26 Å². The predicted octanol–water partition coefficient (Wildman–Crippen LogP) is -1.07. The highest BCUT2D eigenvalue weighted by molar-refractivity contribution is 5.79. The van der Waals surface area contributed by atoms with Gasteiger partial charge >= 0.3 is 0 Å². The molecule has 3 N–H and O–H groups in total. The SMILES string of the molecule is CN(C)CCN=C(N)NC#N. The van der Waals surface area contributed by atoms with Crippen LogP contribution in [0.2, 0.25) is 0 Å². The molecule has 0 radical (unpaired) electrons. The molecule has 0 aromatic carbocycles. The molecule has 0 rings (SSSR count). The van der Waals surface area contributed by atoms with E-state index >= 15 is 0 Å². The summed E-state index contributed by atoms with van der Waals surface area (Å²) in [6.45, 7) is 1.43. The van der Waals surface area contributed by atoms with Crippen LogP contribution >= 0.6 is 0 Å². The molecular weight excluding hydrogens is 142 g/mol. The molecule has 0 aliphatic heterocycles. The van der Waals surface area contributed by atoms with Crippen molar-refractivity contribution in [3.63, 3.8) is 0 Å². The number of aliphatic imine (C=N–C) groups is 1. The zero-order valence-corrected chi connectivity index (χ0v) is 6.83. The first-order valence-electron chi connectivity index (χ1n) is 3.26. The van der Waals surface area contributed by atoms with Gasteiger partial charge in [-0.05, 0) is 14.1 Å². The second kappa shape index (κ2) is 5.50. The molecule has 0 bridgehead atoms. The van der Waals surface area contributed by atoms with Crippen molar-refractivity contribution in [1.82, 2.24) is 10.2 Å². The Morgan fingerprint density at radius 3 is 2.82 bits per heavy atom. The third-order valence-corrected chi connectivity index (χ3v) is 1.01. The summed E-state index contributed by atoms with van der Waals surface area (Å²) in [6.07, 6.45) is 1.69. The lowest BCUT2D eigenvalue weighted by Crippen LogP contribution is -2.28. The number of nitrogens with two attached hydrogens (primary N) is 1. The number of likely N-dealkylation sites (N-methyl/N-ethyl adjacent to an activating group) is 1. The Kier molecular flexibility index (Phi) is 4.86. The minimum absolute atomic E-state index is 0.175. The maximum absolute atomic E-state index is 8.11. The number of rotatable bonds is 3. The van der Waals surface area contributed by atoms with E-state index in [0.29, 0.717) is 6.54 Å². The van der Waals surface area contributed by atoms with E-state index in [0.717, 1.165) is 6.54 Å². The molecule has 62 valence electrons. The maximum Gasteiger partial charge on any atom is 0.202 e. The van der Waals surface area contributed by atoms with Gasteiger partial charge in [0.25, 0.3) is 0 Å². The molecule has 5 heteroatoms. The fourth-order valence-corrected chi connectivity index (χ4v) is 0.467. The van der Waals surface area contributed by atoms with Crippen LogP contribution in [0.1, 0.15) is 0 Å². The van der Waals surface area contributed by atoms with Crippen LogP contribution < -0.4 is 11.1 Å². The van der Waals surface area contributed by atoms with Gasteiger partial charge in [-0.15, -0.1) is 0 Å². The van der Waals surface area contributed by atoms with Crippen LogP contribution in [0.15, 0.2) is 4.99 Å². The van der Waals surface area contributed by atoms with E-state index in [-0.39, 0.29) is 5.96 Å². The number of hydrogen-bond donors (Lipinski definition) is 2. The molecule has 0 aromatic rings. The van der Waals surface area contributed by atoms with Gasteiger partial charge in [-0.3, -0.25) is 10.3 Å². The topological polar surface area (TPSA) is 77.4 Å². The molecule has 0 aliphatic carbocycles. The highest BCUT2D eigenvalue weighted by atomic mass is 15.1. The van der Waals surface area contributed by atoms with Crippen molar-refractivity contribution in [3.05, 3.63) is 0 Å². The molecule has 0 aliphatic rings. The maximum atomic E-state index is 8.11. The fourth-order valence-electron chi connectivity index (χ4n) is 0.467. The molecular formula is C6H13N5. The lowest BCUT2D eigenvalue weighted by molar-refractivity contribution is 0.420. The van der Waals surface area contributed by atoms with E-state index < -0.39 is 0 Å². The third-order valence-electron chi connectivity index (χ3n) is 1.01. The number of hydrogen-bond acceptors (Lipinski definition) is 3. The van der Waals surface area contributed by atoms with Crippen LogP contribution in [0.3, 0.4) is 0 Å². The summed E-state index contributed by atoms with van der Waals surface area (Å²) in [7, 11) is 3.90. The smallest absolute Gasteiger partial charge is 0.202 e. The van der Waals surface area contributed by atoms with Crippen LogP contribution in [0.25, 0.3) is 0 Å². The van der Waals surface area contributed by atoms with Crippen LogP contribution in [0.4, 0.5) is 0 Å². The number of guanidine groups is 1. The van der Waals surface area contributed by atoms with Crippen molar-refractivity contribution in [2.24, 2.45) is 10.7 Å². The van der Waals surface area contributed by atoms with Crippen molar-refractivity contribution in [2.45, 2.75) is 0 Å². The van der Waals surface area contributed by atoms with Gasteiger partial charge in [0.15, 0.2) is 6.19 Å². The molecule has 0 saturated heterocycles. The lowest BCUT2D eigenvalue weighted by Gasteiger charge is -2.05. The van der Waals surface area contributed by atoms with E-state index in [1.165, 1.54) is 0 Å². The van der Waals surface area contributed by atoms with Gasteiger partial charge in [0.2, 0.25) is 5.96 Å². The van der Waals surface area contributed by atoms with Crippen molar-refractivity contribution < 1.29 is 0 Å². The minimum atomic E-state index is 0.175. The zero-order chi connectivity index (χ0) is 8.69. The van der Waals surface area contributed by atoms with Gasteiger partial charge in [-0.25, -0.2) is 0 Å². The highest BCUT2D eigenvalue weighted by Gasteiger charge is 1.89. The number of nitriles is 1. The average molecular weight is 155 g/mol. The Labute approximate surface area is 66.5 Å². The molecule has 0 spiro atoms. The van der Waals surface area contributed by atoms with E-state index in [1.807, 2.05) is 19.0 Å². The Morgan fingerprint density at radius 1 is 1.73 bits per heavy atom. The average Bonchev–Trinajstić information content (AvgIpc) is 1.87. The van der Waals surface area contributed by atoms with E-state index in [9.17, 15) is 0 Å². The van der Waals surface area contributed by atoms with Crippen LogP contribution in [0.5, 0.6) is 0 Å². The second-order valence-corrected chi connectivity index (χ2v) is 2.31. The quantitative estimate of drug-likeness (QED) is 0.235. The largest absolute Gasteiger partial charge is 0.369 e. The molecule has 5 nitrogen and oxygen atoms in total. The molecule has 0 aromatic heterocycles. The first-order chi connectivity index (χ1) is 5.16. The van der Waals surface area contributed by atoms with Crippen molar-refractivity contribution in [3.8, 4) is 6.19 Å². The zero-order valence-electron chi connectivity index (χ0n) is 6.83. The Balaban J connectivity index is 3.49. The highest BCUT2D eigenvalue weighted by Crippen LogP contribution is 1.74. The molecule has 11 heavy (non-hydrogen) atoms. The molecule has 0 heterocycles. The Morgan fingerprint density at radius 2 is 2.36 bits per heavy atom. The number of nitrogens with one attached hydrogen (secondary N) is 1. The summed E-state index contributed by atoms with van der Waals surface area (Å²) < 4.78 is 0. The first kappa shape index (κ1) is 9.72. The van der Waals surface area contributed by atoms with Gasteiger partial charge in [0.1, 0.15) is 0 Å². The van der Waals surface area contributed by atoms with Gasteiger partial charge in [0, 0.05) is 6.54 Å². The van der Waals surface area contributed by atoms with Crippen LogP contribution in [-0.2, 0) is 0 Å². The molecule has 0 saturated carbocycles. The Bertz CT molecular complexity index is 166.